The number of benzene rings is 1. The molecule has 0 saturated carbocycles. The Morgan fingerprint density at radius 1 is 1.37 bits per heavy atom. The van der Waals surface area contributed by atoms with Crippen LogP contribution < -0.4 is 15.7 Å². The first kappa shape index (κ1) is 17.6. The normalized spacial score (nSPS) is 21.9. The van der Waals surface area contributed by atoms with E-state index < -0.39 is 5.63 Å². The van der Waals surface area contributed by atoms with Crippen molar-refractivity contribution in [2.75, 3.05) is 20.2 Å². The fourth-order valence-electron chi connectivity index (χ4n) is 4.11. The van der Waals surface area contributed by atoms with Gasteiger partial charge >= 0.3 is 5.63 Å². The largest absolute Gasteiger partial charge is 0.497 e. The number of rotatable bonds is 3. The van der Waals surface area contributed by atoms with Gasteiger partial charge < -0.3 is 19.4 Å². The number of methoxy groups -OCH3 is 1. The highest BCUT2D eigenvalue weighted by molar-refractivity contribution is 5.85. The Labute approximate surface area is 156 Å². The van der Waals surface area contributed by atoms with Crippen LogP contribution in [0.5, 0.6) is 5.75 Å². The lowest BCUT2D eigenvalue weighted by Gasteiger charge is -2.34. The summed E-state index contributed by atoms with van der Waals surface area (Å²) in [4.78, 5) is 38.6. The van der Waals surface area contributed by atoms with Gasteiger partial charge in [0.25, 0.3) is 0 Å². The number of fused-ring (bicyclic) bond motifs is 2. The van der Waals surface area contributed by atoms with Crippen molar-refractivity contribution < 1.29 is 18.7 Å². The van der Waals surface area contributed by atoms with E-state index >= 15 is 0 Å². The number of amides is 2. The van der Waals surface area contributed by atoms with Crippen molar-refractivity contribution in [1.29, 1.82) is 0 Å². The van der Waals surface area contributed by atoms with E-state index in [-0.39, 0.29) is 24.3 Å². The molecule has 2 atom stereocenters. The van der Waals surface area contributed by atoms with Crippen molar-refractivity contribution in [1.82, 2.24) is 10.2 Å². The van der Waals surface area contributed by atoms with Gasteiger partial charge in [0, 0.05) is 37.0 Å². The van der Waals surface area contributed by atoms with Crippen molar-refractivity contribution in [2.45, 2.75) is 32.2 Å². The average molecular weight is 370 g/mol. The fraction of sp³-hybridized carbons (Fsp3) is 0.450. The van der Waals surface area contributed by atoms with Crippen molar-refractivity contribution in [3.05, 3.63) is 39.7 Å². The summed E-state index contributed by atoms with van der Waals surface area (Å²) in [6.07, 6.45) is 1.35. The Kier molecular flexibility index (Phi) is 4.37. The monoisotopic (exact) mass is 370 g/mol. The molecule has 0 radical (unpaired) electrons. The minimum Gasteiger partial charge on any atom is -0.497 e. The Morgan fingerprint density at radius 3 is 2.96 bits per heavy atom. The molecule has 3 heterocycles. The predicted molar refractivity (Wildman–Crippen MR) is 98.7 cm³/mol. The maximum Gasteiger partial charge on any atom is 0.340 e. The Morgan fingerprint density at radius 2 is 2.19 bits per heavy atom. The summed E-state index contributed by atoms with van der Waals surface area (Å²) >= 11 is 0. The molecule has 1 N–H and O–H groups in total. The highest BCUT2D eigenvalue weighted by Crippen LogP contribution is 2.27. The standard InChI is InChI=1S/C20H22N2O5/c1-11-14-4-3-13(26-2)8-17(14)27-20(25)15(11)9-19(24)22-6-5-12-7-18(23)21-16(12)10-22/h3-4,8,12,16H,5-7,9-10H2,1-2H3,(H,21,23)/t12-,16-/m1/s1. The van der Waals surface area contributed by atoms with Gasteiger partial charge in [-0.3, -0.25) is 9.59 Å². The van der Waals surface area contributed by atoms with Crippen LogP contribution in [0.3, 0.4) is 0 Å². The molecule has 1 aromatic heterocycles. The van der Waals surface area contributed by atoms with Crippen LogP contribution in [0.2, 0.25) is 0 Å². The maximum absolute atomic E-state index is 12.8. The Hall–Kier alpha value is -2.83. The maximum atomic E-state index is 12.8. The molecule has 0 unspecified atom stereocenters. The molecule has 4 rings (SSSR count). The first-order valence-electron chi connectivity index (χ1n) is 9.13. The lowest BCUT2D eigenvalue weighted by molar-refractivity contribution is -0.132. The number of piperidine rings is 1. The second-order valence-electron chi connectivity index (χ2n) is 7.30. The molecular weight excluding hydrogens is 348 g/mol. The van der Waals surface area contributed by atoms with Crippen LogP contribution in [0.15, 0.2) is 27.4 Å². The molecule has 7 heteroatoms. The van der Waals surface area contributed by atoms with Crippen LogP contribution in [-0.4, -0.2) is 43.0 Å². The zero-order chi connectivity index (χ0) is 19.1. The number of ether oxygens (including phenoxy) is 1. The number of carbonyl (C=O) groups excluding carboxylic acids is 2. The molecule has 2 aromatic rings. The highest BCUT2D eigenvalue weighted by Gasteiger charge is 2.38. The van der Waals surface area contributed by atoms with Crippen molar-refractivity contribution in [3.63, 3.8) is 0 Å². The van der Waals surface area contributed by atoms with Crippen LogP contribution in [0, 0.1) is 12.8 Å². The zero-order valence-corrected chi connectivity index (χ0v) is 15.4. The molecular formula is C20H22N2O5. The van der Waals surface area contributed by atoms with E-state index in [4.69, 9.17) is 9.15 Å². The first-order valence-corrected chi connectivity index (χ1v) is 9.13. The van der Waals surface area contributed by atoms with Crippen molar-refractivity contribution >= 4 is 22.8 Å². The lowest BCUT2D eigenvalue weighted by atomic mass is 9.92. The number of hydrogen-bond donors (Lipinski definition) is 1. The summed E-state index contributed by atoms with van der Waals surface area (Å²) in [5, 5.41) is 3.73. The van der Waals surface area contributed by atoms with Crippen LogP contribution in [-0.2, 0) is 16.0 Å². The Bertz CT molecular complexity index is 980. The fourth-order valence-corrected chi connectivity index (χ4v) is 4.11. The van der Waals surface area contributed by atoms with E-state index in [9.17, 15) is 14.4 Å². The van der Waals surface area contributed by atoms with Gasteiger partial charge in [-0.1, -0.05) is 0 Å². The van der Waals surface area contributed by atoms with E-state index in [0.717, 1.165) is 17.4 Å². The smallest absolute Gasteiger partial charge is 0.340 e. The van der Waals surface area contributed by atoms with Gasteiger partial charge in [-0.05, 0) is 37.0 Å². The Balaban J connectivity index is 1.57. The van der Waals surface area contributed by atoms with Gasteiger partial charge in [0.2, 0.25) is 11.8 Å². The van der Waals surface area contributed by atoms with E-state index in [1.807, 2.05) is 13.0 Å². The quantitative estimate of drug-likeness (QED) is 0.825. The predicted octanol–water partition coefficient (Wildman–Crippen LogP) is 1.39. The molecule has 2 fully saturated rings. The van der Waals surface area contributed by atoms with Gasteiger partial charge in [-0.15, -0.1) is 0 Å². The number of nitrogens with one attached hydrogen (secondary N) is 1. The van der Waals surface area contributed by atoms with Crippen molar-refractivity contribution in [3.8, 4) is 5.75 Å². The first-order chi connectivity index (χ1) is 13.0. The van der Waals surface area contributed by atoms with E-state index in [0.29, 0.717) is 42.3 Å². The minimum atomic E-state index is -0.495. The number of nitrogens with zero attached hydrogens (tertiary/aromatic N) is 1. The summed E-state index contributed by atoms with van der Waals surface area (Å²) in [7, 11) is 1.55. The molecule has 2 saturated heterocycles. The van der Waals surface area contributed by atoms with Crippen LogP contribution >= 0.6 is 0 Å². The van der Waals surface area contributed by atoms with Gasteiger partial charge in [0.05, 0.1) is 19.1 Å². The number of aryl methyl sites for hydroxylation is 1. The van der Waals surface area contributed by atoms with Crippen molar-refractivity contribution in [2.24, 2.45) is 5.92 Å². The third-order valence-electron chi connectivity index (χ3n) is 5.73. The molecule has 2 aliphatic rings. The van der Waals surface area contributed by atoms with Crippen LogP contribution in [0.4, 0.5) is 0 Å². The number of hydrogen-bond acceptors (Lipinski definition) is 5. The summed E-state index contributed by atoms with van der Waals surface area (Å²) in [6, 6.07) is 5.33. The SMILES string of the molecule is COc1ccc2c(C)c(CC(=O)N3CC[C@@H]4CC(=O)N[C@@H]4C3)c(=O)oc2c1. The molecule has 7 nitrogen and oxygen atoms in total. The van der Waals surface area contributed by atoms with Gasteiger partial charge in [-0.25, -0.2) is 4.79 Å². The van der Waals surface area contributed by atoms with E-state index in [2.05, 4.69) is 5.32 Å². The second kappa shape index (κ2) is 6.72. The summed E-state index contributed by atoms with van der Waals surface area (Å²) in [5.74, 6) is 0.859. The molecule has 0 bridgehead atoms. The highest BCUT2D eigenvalue weighted by atomic mass is 16.5. The van der Waals surface area contributed by atoms with Gasteiger partial charge in [0.15, 0.2) is 0 Å². The number of likely N-dealkylation sites (tertiary alicyclic amines) is 1. The molecule has 0 aliphatic carbocycles. The van der Waals surface area contributed by atoms with Gasteiger partial charge in [0.1, 0.15) is 11.3 Å². The lowest BCUT2D eigenvalue weighted by Crippen LogP contribution is -2.49. The van der Waals surface area contributed by atoms with E-state index in [1.54, 1.807) is 24.1 Å². The van der Waals surface area contributed by atoms with Crippen LogP contribution in [0.25, 0.3) is 11.0 Å². The van der Waals surface area contributed by atoms with E-state index in [1.165, 1.54) is 0 Å². The second-order valence-corrected chi connectivity index (χ2v) is 7.30. The third-order valence-corrected chi connectivity index (χ3v) is 5.73. The zero-order valence-electron chi connectivity index (χ0n) is 15.4. The number of carbonyl (C=O) groups is 2. The summed E-state index contributed by atoms with van der Waals surface area (Å²) in [5.41, 5.74) is 1.09. The topological polar surface area (TPSA) is 88.9 Å². The molecule has 2 aliphatic heterocycles. The van der Waals surface area contributed by atoms with Crippen LogP contribution in [0.1, 0.15) is 24.0 Å². The summed E-state index contributed by atoms with van der Waals surface area (Å²) in [6.45, 7) is 2.95. The minimum absolute atomic E-state index is 0.00146. The average Bonchev–Trinajstić information content (AvgIpc) is 3.03. The van der Waals surface area contributed by atoms with Gasteiger partial charge in [-0.2, -0.15) is 0 Å². The molecule has 2 amide bonds. The molecule has 142 valence electrons. The third kappa shape index (κ3) is 3.18. The molecule has 27 heavy (non-hydrogen) atoms. The molecule has 0 spiro atoms. The summed E-state index contributed by atoms with van der Waals surface area (Å²) < 4.78 is 10.6. The molecule has 1 aromatic carbocycles.